The Bertz CT molecular complexity index is 1190. The van der Waals surface area contributed by atoms with Gasteiger partial charge in [-0.2, -0.15) is 0 Å². The van der Waals surface area contributed by atoms with Gasteiger partial charge in [-0.15, -0.1) is 0 Å². The van der Waals surface area contributed by atoms with Crippen molar-refractivity contribution in [2.24, 2.45) is 7.05 Å². The van der Waals surface area contributed by atoms with Gasteiger partial charge in [-0.25, -0.2) is 9.97 Å². The van der Waals surface area contributed by atoms with Crippen molar-refractivity contribution in [3.8, 4) is 0 Å². The molecule has 4 aromatic rings. The number of imidazole rings is 2. The zero-order valence-corrected chi connectivity index (χ0v) is 22.9. The van der Waals surface area contributed by atoms with Crippen LogP contribution in [0.2, 0.25) is 0 Å². The first-order chi connectivity index (χ1) is 17.8. The molecule has 0 saturated heterocycles. The van der Waals surface area contributed by atoms with Crippen LogP contribution in [0, 0.1) is 27.7 Å². The highest BCUT2D eigenvalue weighted by Crippen LogP contribution is 2.22. The Balaban J connectivity index is 0.000000206. The first kappa shape index (κ1) is 28.4. The summed E-state index contributed by atoms with van der Waals surface area (Å²) in [6.45, 7) is 8.57. The van der Waals surface area contributed by atoms with Gasteiger partial charge in [0.25, 0.3) is 0 Å². The summed E-state index contributed by atoms with van der Waals surface area (Å²) in [5, 5.41) is 20.1. The van der Waals surface area contributed by atoms with Crippen LogP contribution in [0.15, 0.2) is 61.2 Å². The minimum absolute atomic E-state index is 0.465. The SMILES string of the molecule is Cc1cccc(C)c1CCC(O)c1nccn1C.Cc1cccc(C)c1CCCCC(O)c1ncc[nH]1. The van der Waals surface area contributed by atoms with Gasteiger partial charge in [0.15, 0.2) is 0 Å². The lowest BCUT2D eigenvalue weighted by Crippen LogP contribution is -2.07. The monoisotopic (exact) mass is 502 g/mol. The van der Waals surface area contributed by atoms with Crippen LogP contribution in [0.1, 0.15) is 82.9 Å². The van der Waals surface area contributed by atoms with Gasteiger partial charge in [0.1, 0.15) is 23.9 Å². The number of rotatable bonds is 10. The highest BCUT2D eigenvalue weighted by atomic mass is 16.3. The number of hydrogen-bond acceptors (Lipinski definition) is 4. The molecule has 4 rings (SSSR count). The molecule has 0 radical (unpaired) electrons. The van der Waals surface area contributed by atoms with Crippen molar-refractivity contribution in [2.75, 3.05) is 0 Å². The zero-order chi connectivity index (χ0) is 26.8. The van der Waals surface area contributed by atoms with Crippen LogP contribution in [0.4, 0.5) is 0 Å². The number of nitrogens with zero attached hydrogens (tertiary/aromatic N) is 3. The number of aromatic amines is 1. The molecule has 0 saturated carbocycles. The molecule has 2 heterocycles. The van der Waals surface area contributed by atoms with Crippen molar-refractivity contribution in [2.45, 2.75) is 78.4 Å². The van der Waals surface area contributed by atoms with Gasteiger partial charge >= 0.3 is 0 Å². The standard InChI is InChI=1S/C16H22N2O.C15H20N2O/c1-12-6-5-7-13(2)14(12)8-3-4-9-15(19)16-17-10-11-18-16;1-11-5-4-6-12(2)13(11)7-8-14(18)15-16-9-10-17(15)3/h5-7,10-11,15,19H,3-4,8-9H2,1-2H3,(H,17,18);4-6,9-10,14,18H,7-8H2,1-3H3. The van der Waals surface area contributed by atoms with Gasteiger partial charge in [-0.05, 0) is 93.2 Å². The van der Waals surface area contributed by atoms with E-state index in [1.807, 2.05) is 17.8 Å². The molecule has 0 fully saturated rings. The van der Waals surface area contributed by atoms with Gasteiger partial charge in [-0.1, -0.05) is 42.8 Å². The number of unbranched alkanes of at least 4 members (excludes halogenated alkanes) is 1. The smallest absolute Gasteiger partial charge is 0.137 e. The minimum Gasteiger partial charge on any atom is -0.385 e. The highest BCUT2D eigenvalue weighted by Gasteiger charge is 2.13. The normalized spacial score (nSPS) is 12.6. The quantitative estimate of drug-likeness (QED) is 0.226. The molecule has 2 atom stereocenters. The lowest BCUT2D eigenvalue weighted by molar-refractivity contribution is 0.154. The van der Waals surface area contributed by atoms with Crippen LogP contribution >= 0.6 is 0 Å². The summed E-state index contributed by atoms with van der Waals surface area (Å²) in [5.41, 5.74) is 8.11. The average molecular weight is 503 g/mol. The Morgan fingerprint density at radius 1 is 0.757 bits per heavy atom. The molecule has 0 spiro atoms. The predicted octanol–water partition coefficient (Wildman–Crippen LogP) is 6.18. The van der Waals surface area contributed by atoms with E-state index in [2.05, 4.69) is 79.0 Å². The van der Waals surface area contributed by atoms with E-state index < -0.39 is 12.2 Å². The van der Waals surface area contributed by atoms with Crippen LogP contribution in [-0.2, 0) is 19.9 Å². The van der Waals surface area contributed by atoms with Crippen molar-refractivity contribution in [3.05, 3.63) is 106 Å². The molecule has 0 aliphatic rings. The summed E-state index contributed by atoms with van der Waals surface area (Å²) in [5.74, 6) is 1.41. The molecule has 6 heteroatoms. The molecule has 3 N–H and O–H groups in total. The summed E-state index contributed by atoms with van der Waals surface area (Å²) in [6, 6.07) is 12.8. The van der Waals surface area contributed by atoms with Crippen molar-refractivity contribution in [1.29, 1.82) is 0 Å². The van der Waals surface area contributed by atoms with Crippen LogP contribution in [0.5, 0.6) is 0 Å². The molecule has 2 aromatic heterocycles. The average Bonchev–Trinajstić information content (AvgIpc) is 3.55. The molecular weight excluding hydrogens is 460 g/mol. The van der Waals surface area contributed by atoms with E-state index in [0.29, 0.717) is 12.2 Å². The van der Waals surface area contributed by atoms with E-state index in [1.54, 1.807) is 18.6 Å². The van der Waals surface area contributed by atoms with Crippen LogP contribution in [0.3, 0.4) is 0 Å². The fraction of sp³-hybridized carbons (Fsp3) is 0.419. The number of aromatic nitrogens is 4. The molecule has 6 nitrogen and oxygen atoms in total. The van der Waals surface area contributed by atoms with Crippen LogP contribution in [-0.4, -0.2) is 29.7 Å². The van der Waals surface area contributed by atoms with Crippen LogP contribution < -0.4 is 0 Å². The number of hydrogen-bond donors (Lipinski definition) is 3. The topological polar surface area (TPSA) is 87.0 Å². The summed E-state index contributed by atoms with van der Waals surface area (Å²) in [7, 11) is 1.91. The first-order valence-electron chi connectivity index (χ1n) is 13.2. The summed E-state index contributed by atoms with van der Waals surface area (Å²) >= 11 is 0. The summed E-state index contributed by atoms with van der Waals surface area (Å²) in [4.78, 5) is 11.2. The Kier molecular flexibility index (Phi) is 10.7. The Labute approximate surface area is 221 Å². The van der Waals surface area contributed by atoms with Crippen molar-refractivity contribution < 1.29 is 10.2 Å². The van der Waals surface area contributed by atoms with E-state index >= 15 is 0 Å². The van der Waals surface area contributed by atoms with Gasteiger partial charge in [0.05, 0.1) is 0 Å². The number of aliphatic hydroxyl groups is 2. The van der Waals surface area contributed by atoms with Crippen LogP contribution in [0.25, 0.3) is 0 Å². The second-order valence-corrected chi connectivity index (χ2v) is 9.93. The first-order valence-corrected chi connectivity index (χ1v) is 13.2. The Morgan fingerprint density at radius 2 is 1.35 bits per heavy atom. The molecular formula is C31H42N4O2. The van der Waals surface area contributed by atoms with Crippen molar-refractivity contribution in [1.82, 2.24) is 19.5 Å². The molecule has 0 aliphatic carbocycles. The second-order valence-electron chi connectivity index (χ2n) is 9.93. The van der Waals surface area contributed by atoms with Gasteiger partial charge in [-0.3, -0.25) is 0 Å². The van der Waals surface area contributed by atoms with Gasteiger partial charge in [0, 0.05) is 31.8 Å². The third-order valence-corrected chi connectivity index (χ3v) is 7.10. The van der Waals surface area contributed by atoms with E-state index in [1.165, 1.54) is 33.4 Å². The van der Waals surface area contributed by atoms with Crippen molar-refractivity contribution in [3.63, 3.8) is 0 Å². The number of nitrogens with one attached hydrogen (secondary N) is 1. The molecule has 2 unspecified atom stereocenters. The molecule has 0 aliphatic heterocycles. The maximum Gasteiger partial charge on any atom is 0.137 e. The fourth-order valence-electron chi connectivity index (χ4n) is 4.83. The minimum atomic E-state index is -0.496. The van der Waals surface area contributed by atoms with Gasteiger partial charge in [0.2, 0.25) is 0 Å². The second kappa shape index (κ2) is 13.9. The largest absolute Gasteiger partial charge is 0.385 e. The predicted molar refractivity (Wildman–Crippen MR) is 149 cm³/mol. The molecule has 198 valence electrons. The number of benzene rings is 2. The highest BCUT2D eigenvalue weighted by molar-refractivity contribution is 5.34. The lowest BCUT2D eigenvalue weighted by atomic mass is 9.97. The summed E-state index contributed by atoms with van der Waals surface area (Å²) < 4.78 is 1.87. The Hall–Kier alpha value is -3.22. The zero-order valence-electron chi connectivity index (χ0n) is 22.9. The number of aryl methyl sites for hydroxylation is 5. The maximum atomic E-state index is 10.2. The third kappa shape index (κ3) is 8.14. The van der Waals surface area contributed by atoms with E-state index in [4.69, 9.17) is 0 Å². The van der Waals surface area contributed by atoms with Crippen molar-refractivity contribution >= 4 is 0 Å². The fourth-order valence-corrected chi connectivity index (χ4v) is 4.83. The third-order valence-electron chi connectivity index (χ3n) is 7.10. The molecule has 37 heavy (non-hydrogen) atoms. The molecule has 0 amide bonds. The van der Waals surface area contributed by atoms with E-state index in [0.717, 1.165) is 37.9 Å². The molecule has 2 aromatic carbocycles. The van der Waals surface area contributed by atoms with Gasteiger partial charge < -0.3 is 19.8 Å². The number of H-pyrrole nitrogens is 1. The number of aliphatic hydroxyl groups excluding tert-OH is 2. The van der Waals surface area contributed by atoms with E-state index in [9.17, 15) is 10.2 Å². The Morgan fingerprint density at radius 3 is 1.86 bits per heavy atom. The lowest BCUT2D eigenvalue weighted by Gasteiger charge is -2.13. The molecule has 0 bridgehead atoms. The maximum absolute atomic E-state index is 10.2. The summed E-state index contributed by atoms with van der Waals surface area (Å²) in [6.07, 6.45) is 11.6. The van der Waals surface area contributed by atoms with E-state index in [-0.39, 0.29) is 0 Å².